The third kappa shape index (κ3) is 4.23. The van der Waals surface area contributed by atoms with Gasteiger partial charge in [0.1, 0.15) is 0 Å². The Kier molecular flexibility index (Phi) is 5.81. The van der Waals surface area contributed by atoms with Crippen molar-refractivity contribution in [3.8, 4) is 5.75 Å². The van der Waals surface area contributed by atoms with Gasteiger partial charge in [-0.3, -0.25) is 9.78 Å². The van der Waals surface area contributed by atoms with Crippen molar-refractivity contribution in [1.29, 1.82) is 0 Å². The van der Waals surface area contributed by atoms with Gasteiger partial charge in [-0.25, -0.2) is 4.79 Å². The zero-order valence-electron chi connectivity index (χ0n) is 13.2. The molecule has 0 heterocycles. The molecule has 0 radical (unpaired) electrons. The molecular formula is C17H23NO4. The number of benzene rings is 1. The van der Waals surface area contributed by atoms with Crippen LogP contribution in [0, 0.1) is 5.92 Å². The van der Waals surface area contributed by atoms with E-state index in [0.717, 1.165) is 49.8 Å². The quantitative estimate of drug-likeness (QED) is 0.377. The molecule has 0 spiro atoms. The minimum absolute atomic E-state index is 0.463. The number of nitrogens with zero attached hydrogens (tertiary/aromatic N) is 1. The third-order valence-corrected chi connectivity index (χ3v) is 3.99. The highest BCUT2D eigenvalue weighted by Gasteiger charge is 2.23. The number of carbonyl (C=O) groups is 1. The van der Waals surface area contributed by atoms with E-state index in [9.17, 15) is 4.79 Å². The molecule has 5 nitrogen and oxygen atoms in total. The van der Waals surface area contributed by atoms with Crippen molar-refractivity contribution in [3.63, 3.8) is 0 Å². The summed E-state index contributed by atoms with van der Waals surface area (Å²) in [7, 11) is 0. The molecule has 22 heavy (non-hydrogen) atoms. The maximum Gasteiger partial charge on any atom is 0.352 e. The maximum atomic E-state index is 10.9. The summed E-state index contributed by atoms with van der Waals surface area (Å²) in [6.07, 6.45) is 5.48. The molecule has 120 valence electrons. The molecule has 1 unspecified atom stereocenters. The molecule has 0 aliphatic heterocycles. The summed E-state index contributed by atoms with van der Waals surface area (Å²) >= 11 is 0. The van der Waals surface area contributed by atoms with E-state index in [1.165, 1.54) is 12.5 Å². The lowest BCUT2D eigenvalue weighted by Crippen LogP contribution is -2.19. The number of carbonyl (C=O) groups excluding carboxylic acids is 1. The van der Waals surface area contributed by atoms with Gasteiger partial charge in [-0.1, -0.05) is 30.6 Å². The topological polar surface area (TPSA) is 68.1 Å². The Morgan fingerprint density at radius 1 is 1.45 bits per heavy atom. The van der Waals surface area contributed by atoms with E-state index in [1.54, 1.807) is 0 Å². The van der Waals surface area contributed by atoms with Crippen molar-refractivity contribution in [3.05, 3.63) is 29.3 Å². The zero-order chi connectivity index (χ0) is 15.9. The van der Waals surface area contributed by atoms with Gasteiger partial charge in [-0.05, 0) is 49.7 Å². The van der Waals surface area contributed by atoms with E-state index in [4.69, 9.17) is 10.1 Å². The molecule has 2 rings (SSSR count). The Bertz CT molecular complexity index is 554. The smallest absolute Gasteiger partial charge is 0.352 e. The summed E-state index contributed by atoms with van der Waals surface area (Å²) in [6, 6.07) is 5.81. The monoisotopic (exact) mass is 305 g/mol. The van der Waals surface area contributed by atoms with Crippen molar-refractivity contribution >= 4 is 11.7 Å². The molecule has 0 aromatic heterocycles. The minimum Gasteiger partial charge on any atom is -0.411 e. The van der Waals surface area contributed by atoms with Gasteiger partial charge in [-0.15, -0.1) is 0 Å². The average molecular weight is 305 g/mol. The maximum absolute atomic E-state index is 10.9. The third-order valence-electron chi connectivity index (χ3n) is 3.99. The predicted octanol–water partition coefficient (Wildman–Crippen LogP) is 3.67. The van der Waals surface area contributed by atoms with E-state index in [0.29, 0.717) is 11.7 Å². The molecule has 1 aliphatic carbocycles. The number of hydrogen-bond acceptors (Lipinski definition) is 5. The van der Waals surface area contributed by atoms with Gasteiger partial charge in [0.2, 0.25) is 0 Å². The predicted molar refractivity (Wildman–Crippen MR) is 83.1 cm³/mol. The fourth-order valence-corrected chi connectivity index (χ4v) is 3.02. The van der Waals surface area contributed by atoms with Crippen LogP contribution in [-0.4, -0.2) is 16.9 Å². The van der Waals surface area contributed by atoms with Crippen LogP contribution < -0.4 is 4.89 Å². The molecular weight excluding hydrogens is 282 g/mol. The molecule has 0 saturated carbocycles. The van der Waals surface area contributed by atoms with Crippen molar-refractivity contribution in [2.24, 2.45) is 11.1 Å². The second-order valence-electron chi connectivity index (χ2n) is 5.78. The molecule has 0 amide bonds. The Hall–Kier alpha value is -2.04. The van der Waals surface area contributed by atoms with Gasteiger partial charge in [-0.2, -0.15) is 0 Å². The molecule has 1 aromatic rings. The highest BCUT2D eigenvalue weighted by Crippen LogP contribution is 2.34. The molecule has 5 heteroatoms. The van der Waals surface area contributed by atoms with E-state index in [2.05, 4.69) is 23.0 Å². The molecule has 1 aliphatic rings. The first-order valence-electron chi connectivity index (χ1n) is 7.79. The van der Waals surface area contributed by atoms with E-state index >= 15 is 0 Å². The van der Waals surface area contributed by atoms with E-state index in [-0.39, 0.29) is 0 Å². The van der Waals surface area contributed by atoms with Crippen LogP contribution >= 0.6 is 0 Å². The second-order valence-corrected chi connectivity index (χ2v) is 5.78. The van der Waals surface area contributed by atoms with Gasteiger partial charge in [0.05, 0.1) is 5.71 Å². The Morgan fingerprint density at radius 2 is 2.27 bits per heavy atom. The first-order valence-corrected chi connectivity index (χ1v) is 7.79. The summed E-state index contributed by atoms with van der Waals surface area (Å²) in [6.45, 7) is 3.40. The van der Waals surface area contributed by atoms with Crippen LogP contribution in [0.5, 0.6) is 5.75 Å². The first kappa shape index (κ1) is 16.3. The van der Waals surface area contributed by atoms with Crippen LogP contribution in [-0.2, 0) is 22.5 Å². The first-order chi connectivity index (χ1) is 10.6. The van der Waals surface area contributed by atoms with Crippen LogP contribution in [0.4, 0.5) is 0 Å². The zero-order valence-corrected chi connectivity index (χ0v) is 13.2. The van der Waals surface area contributed by atoms with Crippen LogP contribution in [0.15, 0.2) is 23.4 Å². The van der Waals surface area contributed by atoms with Crippen LogP contribution in [0.1, 0.15) is 50.7 Å². The normalized spacial score (nSPS) is 17.7. The largest absolute Gasteiger partial charge is 0.411 e. The van der Waals surface area contributed by atoms with Crippen molar-refractivity contribution < 1.29 is 19.8 Å². The molecule has 0 saturated heterocycles. The fraction of sp³-hybridized carbons (Fsp3) is 0.529. The van der Waals surface area contributed by atoms with Crippen LogP contribution in [0.3, 0.4) is 0 Å². The van der Waals surface area contributed by atoms with E-state index in [1.807, 2.05) is 12.1 Å². The van der Waals surface area contributed by atoms with Crippen molar-refractivity contribution in [2.75, 3.05) is 0 Å². The number of oxime groups is 1. The Labute approximate surface area is 130 Å². The van der Waals surface area contributed by atoms with Crippen molar-refractivity contribution in [2.45, 2.75) is 52.4 Å². The van der Waals surface area contributed by atoms with E-state index < -0.39 is 5.97 Å². The highest BCUT2D eigenvalue weighted by atomic mass is 17.2. The lowest BCUT2D eigenvalue weighted by Gasteiger charge is -2.25. The summed E-state index contributed by atoms with van der Waals surface area (Å²) in [4.78, 5) is 20.6. The molecule has 1 atom stereocenters. The van der Waals surface area contributed by atoms with Gasteiger partial charge in [0.25, 0.3) is 0 Å². The fourth-order valence-electron chi connectivity index (χ4n) is 3.02. The molecule has 0 bridgehead atoms. The SMILES string of the molecule is CCCC(CC1CCc2c(cccc2OOC(C)=O)C1)=NO. The molecule has 1 N–H and O–H groups in total. The van der Waals surface area contributed by atoms with Gasteiger partial charge in [0, 0.05) is 12.5 Å². The summed E-state index contributed by atoms with van der Waals surface area (Å²) in [5, 5.41) is 12.5. The van der Waals surface area contributed by atoms with Gasteiger partial charge >= 0.3 is 5.97 Å². The Morgan fingerprint density at radius 3 is 2.95 bits per heavy atom. The second kappa shape index (κ2) is 7.82. The lowest BCUT2D eigenvalue weighted by molar-refractivity contribution is -0.211. The number of hydrogen-bond donors (Lipinski definition) is 1. The number of fused-ring (bicyclic) bond motifs is 1. The lowest BCUT2D eigenvalue weighted by atomic mass is 9.80. The minimum atomic E-state index is -0.463. The number of rotatable bonds is 6. The van der Waals surface area contributed by atoms with Gasteiger partial charge < -0.3 is 5.21 Å². The van der Waals surface area contributed by atoms with Gasteiger partial charge in [0.15, 0.2) is 5.75 Å². The summed E-state index contributed by atoms with van der Waals surface area (Å²) in [5.74, 6) is 0.638. The molecule has 1 aromatic carbocycles. The summed E-state index contributed by atoms with van der Waals surface area (Å²) in [5.41, 5.74) is 3.20. The average Bonchev–Trinajstić information content (AvgIpc) is 2.52. The Balaban J connectivity index is 2.05. The highest BCUT2D eigenvalue weighted by molar-refractivity contribution is 5.84. The standard InChI is InChI=1S/C17H23NO4/c1-3-5-15(18-20)11-13-8-9-16-14(10-13)6-4-7-17(16)22-21-12(2)19/h4,6-7,13,20H,3,5,8-11H2,1-2H3. The molecule has 0 fully saturated rings. The van der Waals surface area contributed by atoms with Crippen LogP contribution in [0.2, 0.25) is 0 Å². The van der Waals surface area contributed by atoms with Crippen LogP contribution in [0.25, 0.3) is 0 Å². The van der Waals surface area contributed by atoms with Crippen molar-refractivity contribution in [1.82, 2.24) is 0 Å². The summed E-state index contributed by atoms with van der Waals surface area (Å²) < 4.78 is 0.